The summed E-state index contributed by atoms with van der Waals surface area (Å²) in [7, 11) is 1.75. The van der Waals surface area contributed by atoms with Gasteiger partial charge in [0.1, 0.15) is 11.6 Å². The van der Waals surface area contributed by atoms with Gasteiger partial charge in [-0.2, -0.15) is 5.10 Å². The van der Waals surface area contributed by atoms with E-state index in [1.807, 2.05) is 6.92 Å². The van der Waals surface area contributed by atoms with Gasteiger partial charge in [0.2, 0.25) is 5.91 Å². The fraction of sp³-hybridized carbons (Fsp3) is 0.286. The van der Waals surface area contributed by atoms with Gasteiger partial charge in [0.15, 0.2) is 0 Å². The molecule has 2 heterocycles. The van der Waals surface area contributed by atoms with Crippen LogP contribution in [0.25, 0.3) is 0 Å². The maximum absolute atomic E-state index is 14.2. The van der Waals surface area contributed by atoms with Gasteiger partial charge in [0.25, 0.3) is 0 Å². The molecular formula is C14H13ClFN3O. The van der Waals surface area contributed by atoms with E-state index in [4.69, 9.17) is 11.6 Å². The van der Waals surface area contributed by atoms with Gasteiger partial charge in [-0.15, -0.1) is 0 Å². The van der Waals surface area contributed by atoms with Gasteiger partial charge in [0.05, 0.1) is 5.69 Å². The lowest BCUT2D eigenvalue weighted by Crippen LogP contribution is -2.25. The number of nitrogens with one attached hydrogen (secondary N) is 1. The zero-order chi connectivity index (χ0) is 14.4. The Labute approximate surface area is 120 Å². The molecule has 1 aromatic carbocycles. The molecular weight excluding hydrogens is 281 g/mol. The molecule has 0 radical (unpaired) electrons. The highest BCUT2D eigenvalue weighted by molar-refractivity contribution is 6.31. The molecule has 1 aliphatic heterocycles. The molecule has 0 saturated carbocycles. The molecule has 0 bridgehead atoms. The van der Waals surface area contributed by atoms with Crippen LogP contribution < -0.4 is 5.32 Å². The number of hydrogen-bond donors (Lipinski definition) is 1. The Kier molecular flexibility index (Phi) is 3.01. The number of carbonyl (C=O) groups is 1. The third-order valence-corrected chi connectivity index (χ3v) is 3.94. The van der Waals surface area contributed by atoms with Gasteiger partial charge in [-0.25, -0.2) is 4.39 Å². The molecule has 3 rings (SSSR count). The van der Waals surface area contributed by atoms with Crippen molar-refractivity contribution in [2.45, 2.75) is 19.3 Å². The predicted molar refractivity (Wildman–Crippen MR) is 74.4 cm³/mol. The van der Waals surface area contributed by atoms with Crippen molar-refractivity contribution < 1.29 is 9.18 Å². The second-order valence-electron chi connectivity index (χ2n) is 4.91. The maximum Gasteiger partial charge on any atom is 0.226 e. The van der Waals surface area contributed by atoms with Crippen LogP contribution in [0.2, 0.25) is 5.02 Å². The first kappa shape index (κ1) is 13.1. The Morgan fingerprint density at radius 1 is 1.45 bits per heavy atom. The lowest BCUT2D eigenvalue weighted by molar-refractivity contribution is -0.116. The first-order valence-corrected chi connectivity index (χ1v) is 6.64. The number of benzene rings is 1. The number of amides is 1. The monoisotopic (exact) mass is 293 g/mol. The fourth-order valence-corrected chi connectivity index (χ4v) is 3.10. The molecule has 104 valence electrons. The van der Waals surface area contributed by atoms with E-state index in [0.29, 0.717) is 16.4 Å². The Morgan fingerprint density at radius 2 is 2.20 bits per heavy atom. The number of aromatic nitrogens is 2. The van der Waals surface area contributed by atoms with Crippen LogP contribution in [-0.2, 0) is 11.8 Å². The highest BCUT2D eigenvalue weighted by Crippen LogP contribution is 2.42. The first-order chi connectivity index (χ1) is 9.49. The minimum absolute atomic E-state index is 0.162. The molecule has 0 spiro atoms. The van der Waals surface area contributed by atoms with Crippen molar-refractivity contribution in [2.24, 2.45) is 7.05 Å². The van der Waals surface area contributed by atoms with Crippen LogP contribution in [0, 0.1) is 12.7 Å². The number of carbonyl (C=O) groups excluding carboxylic acids is 1. The fourth-order valence-electron chi connectivity index (χ4n) is 2.80. The van der Waals surface area contributed by atoms with Crippen molar-refractivity contribution in [3.63, 3.8) is 0 Å². The molecule has 0 aliphatic carbocycles. The first-order valence-electron chi connectivity index (χ1n) is 6.26. The van der Waals surface area contributed by atoms with Gasteiger partial charge in [-0.3, -0.25) is 9.48 Å². The third-order valence-electron chi connectivity index (χ3n) is 3.61. The SMILES string of the molecule is Cc1nn(C)c2c1C(c1c(F)cccc1Cl)CC(=O)N2. The van der Waals surface area contributed by atoms with E-state index >= 15 is 0 Å². The van der Waals surface area contributed by atoms with Crippen molar-refractivity contribution in [3.8, 4) is 0 Å². The summed E-state index contributed by atoms with van der Waals surface area (Å²) in [6.07, 6.45) is 0.167. The van der Waals surface area contributed by atoms with E-state index in [1.165, 1.54) is 6.07 Å². The molecule has 0 saturated heterocycles. The standard InChI is InChI=1S/C14H13ClFN3O/c1-7-12-8(13-9(15)4-3-5-10(13)16)6-11(20)17-14(12)19(2)18-7/h3-5,8H,6H2,1-2H3,(H,17,20). The number of rotatable bonds is 1. The molecule has 1 amide bonds. The van der Waals surface area contributed by atoms with Crippen LogP contribution in [-0.4, -0.2) is 15.7 Å². The van der Waals surface area contributed by atoms with Crippen molar-refractivity contribution in [1.82, 2.24) is 9.78 Å². The molecule has 1 unspecified atom stereocenters. The molecule has 1 aromatic heterocycles. The zero-order valence-electron chi connectivity index (χ0n) is 11.1. The molecule has 0 fully saturated rings. The molecule has 1 atom stereocenters. The smallest absolute Gasteiger partial charge is 0.226 e. The van der Waals surface area contributed by atoms with E-state index in [2.05, 4.69) is 10.4 Å². The minimum atomic E-state index is -0.402. The van der Waals surface area contributed by atoms with Gasteiger partial charge in [-0.05, 0) is 19.1 Å². The third kappa shape index (κ3) is 1.89. The van der Waals surface area contributed by atoms with Crippen LogP contribution in [0.1, 0.15) is 29.2 Å². The van der Waals surface area contributed by atoms with Crippen molar-refractivity contribution >= 4 is 23.3 Å². The van der Waals surface area contributed by atoms with Crippen LogP contribution in [0.4, 0.5) is 10.2 Å². The summed E-state index contributed by atoms with van der Waals surface area (Å²) in [5.41, 5.74) is 1.97. The summed E-state index contributed by atoms with van der Waals surface area (Å²) in [4.78, 5) is 11.9. The summed E-state index contributed by atoms with van der Waals surface area (Å²) in [6.45, 7) is 1.85. The molecule has 2 aromatic rings. The van der Waals surface area contributed by atoms with Gasteiger partial charge in [0, 0.05) is 35.5 Å². The molecule has 20 heavy (non-hydrogen) atoms. The Bertz CT molecular complexity index is 690. The van der Waals surface area contributed by atoms with Crippen molar-refractivity contribution in [1.29, 1.82) is 0 Å². The van der Waals surface area contributed by atoms with Crippen LogP contribution in [0.3, 0.4) is 0 Å². The van der Waals surface area contributed by atoms with Crippen LogP contribution >= 0.6 is 11.6 Å². The van der Waals surface area contributed by atoms with E-state index in [1.54, 1.807) is 23.9 Å². The molecule has 6 heteroatoms. The molecule has 1 N–H and O–H groups in total. The number of aryl methyl sites for hydroxylation is 2. The van der Waals surface area contributed by atoms with Gasteiger partial charge < -0.3 is 5.32 Å². The second-order valence-corrected chi connectivity index (χ2v) is 5.32. The second kappa shape index (κ2) is 4.59. The molecule has 4 nitrogen and oxygen atoms in total. The topological polar surface area (TPSA) is 46.9 Å². The normalized spacial score (nSPS) is 17.8. The van der Waals surface area contributed by atoms with E-state index in [0.717, 1.165) is 11.3 Å². The van der Waals surface area contributed by atoms with Crippen LogP contribution in [0.15, 0.2) is 18.2 Å². The van der Waals surface area contributed by atoms with Crippen molar-refractivity contribution in [3.05, 3.63) is 45.9 Å². The zero-order valence-corrected chi connectivity index (χ0v) is 11.8. The lowest BCUT2D eigenvalue weighted by atomic mass is 9.85. The Hall–Kier alpha value is -1.88. The maximum atomic E-state index is 14.2. The summed E-state index contributed by atoms with van der Waals surface area (Å²) >= 11 is 6.14. The highest BCUT2D eigenvalue weighted by atomic mass is 35.5. The summed E-state index contributed by atoms with van der Waals surface area (Å²) in [5.74, 6) is -0.347. The number of anilines is 1. The van der Waals surface area contributed by atoms with E-state index < -0.39 is 11.7 Å². The quantitative estimate of drug-likeness (QED) is 0.878. The predicted octanol–water partition coefficient (Wildman–Crippen LogP) is 3.00. The highest BCUT2D eigenvalue weighted by Gasteiger charge is 2.34. The largest absolute Gasteiger partial charge is 0.311 e. The average molecular weight is 294 g/mol. The number of hydrogen-bond acceptors (Lipinski definition) is 2. The number of halogens is 2. The lowest BCUT2D eigenvalue weighted by Gasteiger charge is -2.25. The van der Waals surface area contributed by atoms with Crippen LogP contribution in [0.5, 0.6) is 0 Å². The Morgan fingerprint density at radius 3 is 2.90 bits per heavy atom. The summed E-state index contributed by atoms with van der Waals surface area (Å²) in [5, 5.41) is 7.41. The van der Waals surface area contributed by atoms with Crippen molar-refractivity contribution in [2.75, 3.05) is 5.32 Å². The Balaban J connectivity index is 2.24. The number of fused-ring (bicyclic) bond motifs is 1. The summed E-state index contributed by atoms with van der Waals surface area (Å²) in [6, 6.07) is 4.55. The minimum Gasteiger partial charge on any atom is -0.311 e. The van der Waals surface area contributed by atoms with Gasteiger partial charge in [-0.1, -0.05) is 17.7 Å². The van der Waals surface area contributed by atoms with E-state index in [-0.39, 0.29) is 12.3 Å². The molecule has 1 aliphatic rings. The van der Waals surface area contributed by atoms with E-state index in [9.17, 15) is 9.18 Å². The number of nitrogens with zero attached hydrogens (tertiary/aromatic N) is 2. The summed E-state index contributed by atoms with van der Waals surface area (Å²) < 4.78 is 15.8. The van der Waals surface area contributed by atoms with Gasteiger partial charge >= 0.3 is 0 Å². The average Bonchev–Trinajstić information content (AvgIpc) is 2.64.